The smallest absolute Gasteiger partial charge is 0.249 e. The molecular formula is C28H37N3O3. The third-order valence-electron chi connectivity index (χ3n) is 6.40. The second-order valence-corrected chi connectivity index (χ2v) is 9.14. The summed E-state index contributed by atoms with van der Waals surface area (Å²) in [5.41, 5.74) is 3.52. The van der Waals surface area contributed by atoms with Crippen molar-refractivity contribution in [3.63, 3.8) is 0 Å². The van der Waals surface area contributed by atoms with Crippen LogP contribution in [-0.4, -0.2) is 41.3 Å². The van der Waals surface area contributed by atoms with Crippen LogP contribution in [0, 0.1) is 6.92 Å². The Kier molecular flexibility index (Phi) is 8.97. The van der Waals surface area contributed by atoms with Crippen molar-refractivity contribution in [3.8, 4) is 5.75 Å². The van der Waals surface area contributed by atoms with Gasteiger partial charge in [-0.3, -0.25) is 4.79 Å². The molecule has 1 aliphatic rings. The predicted molar refractivity (Wildman–Crippen MR) is 135 cm³/mol. The van der Waals surface area contributed by atoms with Crippen molar-refractivity contribution in [1.29, 1.82) is 0 Å². The van der Waals surface area contributed by atoms with Crippen LogP contribution < -0.4 is 10.1 Å². The molecule has 1 aliphatic heterocycles. The lowest BCUT2D eigenvalue weighted by Crippen LogP contribution is -2.34. The molecule has 34 heavy (non-hydrogen) atoms. The summed E-state index contributed by atoms with van der Waals surface area (Å²) in [5, 5.41) is 3.01. The minimum absolute atomic E-state index is 0.0469. The highest BCUT2D eigenvalue weighted by atomic mass is 16.5. The number of aromatic nitrogens is 2. The molecule has 1 aromatic heterocycles. The van der Waals surface area contributed by atoms with Gasteiger partial charge in [0.25, 0.3) is 0 Å². The highest BCUT2D eigenvalue weighted by Gasteiger charge is 2.22. The van der Waals surface area contributed by atoms with E-state index in [9.17, 15) is 4.79 Å². The van der Waals surface area contributed by atoms with E-state index in [0.717, 1.165) is 88.2 Å². The molecule has 2 aromatic carbocycles. The summed E-state index contributed by atoms with van der Waals surface area (Å²) in [6.45, 7) is 5.18. The van der Waals surface area contributed by atoms with Gasteiger partial charge in [0, 0.05) is 26.1 Å². The van der Waals surface area contributed by atoms with Gasteiger partial charge in [0.2, 0.25) is 5.91 Å². The summed E-state index contributed by atoms with van der Waals surface area (Å²) in [4.78, 5) is 16.9. The molecule has 3 aromatic rings. The first-order chi connectivity index (χ1) is 16.7. The normalized spacial score (nSPS) is 15.6. The number of imidazole rings is 1. The van der Waals surface area contributed by atoms with Gasteiger partial charge in [-0.25, -0.2) is 4.98 Å². The summed E-state index contributed by atoms with van der Waals surface area (Å²) in [5.74, 6) is 2.14. The van der Waals surface area contributed by atoms with Crippen LogP contribution in [0.15, 0.2) is 48.5 Å². The predicted octanol–water partition coefficient (Wildman–Crippen LogP) is 5.21. The lowest BCUT2D eigenvalue weighted by Gasteiger charge is -2.11. The third-order valence-corrected chi connectivity index (χ3v) is 6.40. The number of ether oxygens (including phenoxy) is 2. The fraction of sp³-hybridized carbons (Fsp3) is 0.500. The lowest BCUT2D eigenvalue weighted by molar-refractivity contribution is -0.130. The van der Waals surface area contributed by atoms with Crippen LogP contribution in [0.5, 0.6) is 5.75 Å². The van der Waals surface area contributed by atoms with Crippen molar-refractivity contribution in [2.45, 2.75) is 70.9 Å². The third kappa shape index (κ3) is 6.83. The second-order valence-electron chi connectivity index (χ2n) is 9.14. The number of amides is 1. The fourth-order valence-electron chi connectivity index (χ4n) is 4.46. The largest absolute Gasteiger partial charge is 0.494 e. The van der Waals surface area contributed by atoms with Crippen LogP contribution in [0.3, 0.4) is 0 Å². The molecule has 1 amide bonds. The second kappa shape index (κ2) is 12.6. The van der Waals surface area contributed by atoms with Gasteiger partial charge in [-0.1, -0.05) is 36.2 Å². The van der Waals surface area contributed by atoms with Crippen molar-refractivity contribution in [1.82, 2.24) is 14.9 Å². The van der Waals surface area contributed by atoms with Gasteiger partial charge in [-0.05, 0) is 69.7 Å². The van der Waals surface area contributed by atoms with Crippen LogP contribution in [0.2, 0.25) is 0 Å². The van der Waals surface area contributed by atoms with E-state index < -0.39 is 0 Å². The van der Waals surface area contributed by atoms with E-state index >= 15 is 0 Å². The van der Waals surface area contributed by atoms with Crippen LogP contribution in [0.4, 0.5) is 0 Å². The van der Waals surface area contributed by atoms with Crippen molar-refractivity contribution >= 4 is 16.9 Å². The minimum Gasteiger partial charge on any atom is -0.494 e. The number of fused-ring (bicyclic) bond motifs is 1. The van der Waals surface area contributed by atoms with Gasteiger partial charge in [-0.2, -0.15) is 0 Å². The van der Waals surface area contributed by atoms with Crippen LogP contribution >= 0.6 is 0 Å². The number of carbonyl (C=O) groups excluding carboxylic acids is 1. The molecule has 2 heterocycles. The maximum absolute atomic E-state index is 12.0. The maximum Gasteiger partial charge on any atom is 0.249 e. The lowest BCUT2D eigenvalue weighted by atomic mass is 10.1. The van der Waals surface area contributed by atoms with Crippen LogP contribution in [0.25, 0.3) is 11.0 Å². The molecular weight excluding hydrogens is 426 g/mol. The number of carbonyl (C=O) groups is 1. The summed E-state index contributed by atoms with van der Waals surface area (Å²) in [6.07, 6.45) is 7.72. The zero-order valence-electron chi connectivity index (χ0n) is 20.3. The number of nitrogens with one attached hydrogen (secondary N) is 1. The summed E-state index contributed by atoms with van der Waals surface area (Å²) < 4.78 is 13.7. The Balaban J connectivity index is 1.20. The van der Waals surface area contributed by atoms with Crippen molar-refractivity contribution in [2.24, 2.45) is 0 Å². The fourth-order valence-corrected chi connectivity index (χ4v) is 4.46. The molecule has 0 radical (unpaired) electrons. The molecule has 6 heteroatoms. The average Bonchev–Trinajstić information content (AvgIpc) is 3.51. The molecule has 0 saturated carbocycles. The van der Waals surface area contributed by atoms with Gasteiger partial charge >= 0.3 is 0 Å². The number of aryl methyl sites for hydroxylation is 3. The Hall–Kier alpha value is -2.86. The Labute approximate surface area is 202 Å². The first kappa shape index (κ1) is 24.3. The summed E-state index contributed by atoms with van der Waals surface area (Å²) in [6, 6.07) is 16.6. The topological polar surface area (TPSA) is 65.4 Å². The number of nitrogens with zero attached hydrogens (tertiary/aromatic N) is 2. The molecule has 6 nitrogen and oxygen atoms in total. The number of hydrogen-bond donors (Lipinski definition) is 1. The number of hydrogen-bond acceptors (Lipinski definition) is 4. The molecule has 1 N–H and O–H groups in total. The molecule has 0 bridgehead atoms. The molecule has 1 saturated heterocycles. The molecule has 182 valence electrons. The Morgan fingerprint density at radius 3 is 2.76 bits per heavy atom. The van der Waals surface area contributed by atoms with E-state index in [1.54, 1.807) is 0 Å². The van der Waals surface area contributed by atoms with Crippen LogP contribution in [0.1, 0.15) is 56.3 Å². The molecule has 1 unspecified atom stereocenters. The quantitative estimate of drug-likeness (QED) is 0.353. The summed E-state index contributed by atoms with van der Waals surface area (Å²) in [7, 11) is 0. The molecule has 0 aliphatic carbocycles. The Morgan fingerprint density at radius 2 is 1.94 bits per heavy atom. The highest BCUT2D eigenvalue weighted by molar-refractivity contribution is 5.80. The van der Waals surface area contributed by atoms with E-state index in [1.165, 1.54) is 11.1 Å². The van der Waals surface area contributed by atoms with Crippen molar-refractivity contribution in [3.05, 3.63) is 59.9 Å². The molecule has 0 spiro atoms. The maximum atomic E-state index is 12.0. The van der Waals surface area contributed by atoms with E-state index in [0.29, 0.717) is 6.61 Å². The van der Waals surface area contributed by atoms with E-state index in [4.69, 9.17) is 14.5 Å². The first-order valence-electron chi connectivity index (χ1n) is 12.7. The highest BCUT2D eigenvalue weighted by Crippen LogP contribution is 2.19. The Morgan fingerprint density at radius 1 is 1.09 bits per heavy atom. The van der Waals surface area contributed by atoms with Gasteiger partial charge in [0.15, 0.2) is 0 Å². The molecule has 1 atom stereocenters. The zero-order chi connectivity index (χ0) is 23.6. The van der Waals surface area contributed by atoms with Gasteiger partial charge in [0.05, 0.1) is 17.6 Å². The van der Waals surface area contributed by atoms with Gasteiger partial charge in [-0.15, -0.1) is 0 Å². The number of unbranched alkanes of at least 4 members (excludes halogenated alkanes) is 3. The SMILES string of the molecule is Cc1ccc(OCCCCn2c(CCCCCNC(=O)C3CCCO3)nc3ccccc32)cc1. The van der Waals surface area contributed by atoms with Crippen LogP contribution in [-0.2, 0) is 22.5 Å². The summed E-state index contributed by atoms with van der Waals surface area (Å²) >= 11 is 0. The monoisotopic (exact) mass is 463 g/mol. The van der Waals surface area contributed by atoms with Gasteiger partial charge in [0.1, 0.15) is 17.7 Å². The first-order valence-corrected chi connectivity index (χ1v) is 12.7. The van der Waals surface area contributed by atoms with Crippen molar-refractivity contribution < 1.29 is 14.3 Å². The van der Waals surface area contributed by atoms with Gasteiger partial charge < -0.3 is 19.4 Å². The molecule has 4 rings (SSSR count). The Bertz CT molecular complexity index is 1040. The standard InChI is InChI=1S/C28H37N3O3/c1-22-14-16-23(17-15-22)33-20-8-7-19-31-25-11-5-4-10-24(25)30-27(31)13-3-2-6-18-29-28(32)26-12-9-21-34-26/h4-5,10-11,14-17,26H,2-3,6-9,12-13,18-21H2,1H3,(H,29,32). The van der Waals surface area contributed by atoms with Crippen molar-refractivity contribution in [2.75, 3.05) is 19.8 Å². The molecule has 1 fully saturated rings. The van der Waals surface area contributed by atoms with E-state index in [1.807, 2.05) is 12.1 Å². The number of benzene rings is 2. The zero-order valence-corrected chi connectivity index (χ0v) is 20.3. The van der Waals surface area contributed by atoms with E-state index in [2.05, 4.69) is 53.2 Å². The number of rotatable bonds is 13. The minimum atomic E-state index is -0.234. The van der Waals surface area contributed by atoms with E-state index in [-0.39, 0.29) is 12.0 Å². The number of para-hydroxylation sites is 2. The average molecular weight is 464 g/mol.